The Hall–Kier alpha value is -1.42. The zero-order valence-electron chi connectivity index (χ0n) is 10.6. The highest BCUT2D eigenvalue weighted by molar-refractivity contribution is 7.89. The zero-order valence-corrected chi connectivity index (χ0v) is 11.4. The Bertz CT molecular complexity index is 572. The average molecular weight is 279 g/mol. The molecule has 0 bridgehead atoms. The molecule has 102 valence electrons. The molecule has 6 heteroatoms. The first-order chi connectivity index (χ1) is 9.12. The summed E-state index contributed by atoms with van der Waals surface area (Å²) in [5.74, 6) is 0. The fourth-order valence-corrected chi connectivity index (χ4v) is 3.28. The van der Waals surface area contributed by atoms with Gasteiger partial charge in [-0.25, -0.2) is 13.1 Å². The minimum absolute atomic E-state index is 0.144. The standard InChI is InChI=1S/C13H17N3O2S/c14-10-11-3-1-5-13(9-11)19(17,18)16-8-6-12-4-2-7-15-12/h1,3,5,9,12,15-16H,2,4,6-8H2/t12-/m1/s1. The van der Waals surface area contributed by atoms with Crippen molar-refractivity contribution in [3.63, 3.8) is 0 Å². The maximum Gasteiger partial charge on any atom is 0.240 e. The van der Waals surface area contributed by atoms with Gasteiger partial charge in [0.05, 0.1) is 16.5 Å². The molecule has 1 saturated heterocycles. The molecule has 1 heterocycles. The zero-order chi connectivity index (χ0) is 13.7. The number of nitrogens with zero attached hydrogens (tertiary/aromatic N) is 1. The van der Waals surface area contributed by atoms with E-state index in [0.29, 0.717) is 18.2 Å². The lowest BCUT2D eigenvalue weighted by Crippen LogP contribution is -2.30. The topological polar surface area (TPSA) is 82.0 Å². The summed E-state index contributed by atoms with van der Waals surface area (Å²) < 4.78 is 26.6. The van der Waals surface area contributed by atoms with Crippen molar-refractivity contribution in [2.75, 3.05) is 13.1 Å². The molecule has 0 amide bonds. The van der Waals surface area contributed by atoms with Crippen molar-refractivity contribution in [3.05, 3.63) is 29.8 Å². The van der Waals surface area contributed by atoms with Crippen LogP contribution in [0.5, 0.6) is 0 Å². The van der Waals surface area contributed by atoms with Gasteiger partial charge in [0.15, 0.2) is 0 Å². The second-order valence-corrected chi connectivity index (χ2v) is 6.39. The summed E-state index contributed by atoms with van der Waals surface area (Å²) >= 11 is 0. The third kappa shape index (κ3) is 3.77. The smallest absolute Gasteiger partial charge is 0.240 e. The lowest BCUT2D eigenvalue weighted by Gasteiger charge is -2.11. The molecule has 0 aromatic heterocycles. The van der Waals surface area contributed by atoms with Gasteiger partial charge in [-0.2, -0.15) is 5.26 Å². The van der Waals surface area contributed by atoms with E-state index in [4.69, 9.17) is 5.26 Å². The Morgan fingerprint density at radius 1 is 1.47 bits per heavy atom. The van der Waals surface area contributed by atoms with Gasteiger partial charge in [-0.05, 0) is 44.0 Å². The molecular weight excluding hydrogens is 262 g/mol. The highest BCUT2D eigenvalue weighted by Gasteiger charge is 2.17. The van der Waals surface area contributed by atoms with Gasteiger partial charge in [-0.3, -0.25) is 0 Å². The van der Waals surface area contributed by atoms with Crippen LogP contribution in [0, 0.1) is 11.3 Å². The molecule has 1 aromatic carbocycles. The molecule has 0 saturated carbocycles. The quantitative estimate of drug-likeness (QED) is 0.841. The van der Waals surface area contributed by atoms with Crippen LogP contribution in [0.1, 0.15) is 24.8 Å². The van der Waals surface area contributed by atoms with Crippen LogP contribution in [0.4, 0.5) is 0 Å². The predicted octanol–water partition coefficient (Wildman–Crippen LogP) is 0.979. The van der Waals surface area contributed by atoms with E-state index in [1.807, 2.05) is 6.07 Å². The first-order valence-electron chi connectivity index (χ1n) is 6.35. The fraction of sp³-hybridized carbons (Fsp3) is 0.462. The Labute approximate surface area is 113 Å². The monoisotopic (exact) mass is 279 g/mol. The summed E-state index contributed by atoms with van der Waals surface area (Å²) in [7, 11) is -3.51. The molecule has 19 heavy (non-hydrogen) atoms. The molecule has 0 aliphatic carbocycles. The number of sulfonamides is 1. The van der Waals surface area contributed by atoms with Crippen LogP contribution in [0.2, 0.25) is 0 Å². The Kier molecular flexibility index (Phi) is 4.53. The minimum atomic E-state index is -3.51. The van der Waals surface area contributed by atoms with Crippen LogP contribution < -0.4 is 10.0 Å². The molecule has 1 aliphatic rings. The van der Waals surface area contributed by atoms with Gasteiger partial charge >= 0.3 is 0 Å². The van der Waals surface area contributed by atoms with E-state index in [1.165, 1.54) is 12.1 Å². The van der Waals surface area contributed by atoms with E-state index in [9.17, 15) is 8.42 Å². The summed E-state index contributed by atoms with van der Waals surface area (Å²) in [6.45, 7) is 1.43. The Balaban J connectivity index is 1.95. The SMILES string of the molecule is N#Cc1cccc(S(=O)(=O)NCC[C@H]2CCCN2)c1. The molecule has 1 aliphatic heterocycles. The highest BCUT2D eigenvalue weighted by Crippen LogP contribution is 2.12. The predicted molar refractivity (Wildman–Crippen MR) is 72.0 cm³/mol. The summed E-state index contributed by atoms with van der Waals surface area (Å²) in [4.78, 5) is 0.144. The van der Waals surface area contributed by atoms with E-state index in [-0.39, 0.29) is 4.90 Å². The van der Waals surface area contributed by atoms with Crippen molar-refractivity contribution in [2.45, 2.75) is 30.2 Å². The van der Waals surface area contributed by atoms with Crippen molar-refractivity contribution in [2.24, 2.45) is 0 Å². The van der Waals surface area contributed by atoms with Crippen LogP contribution in [-0.2, 0) is 10.0 Å². The number of hydrogen-bond acceptors (Lipinski definition) is 4. The summed E-state index contributed by atoms with van der Waals surface area (Å²) in [5, 5.41) is 12.1. The van der Waals surface area contributed by atoms with Crippen LogP contribution in [0.3, 0.4) is 0 Å². The van der Waals surface area contributed by atoms with E-state index in [2.05, 4.69) is 10.0 Å². The maximum absolute atomic E-state index is 12.0. The maximum atomic E-state index is 12.0. The van der Waals surface area contributed by atoms with Crippen LogP contribution in [0.25, 0.3) is 0 Å². The Morgan fingerprint density at radius 3 is 3.00 bits per heavy atom. The molecular formula is C13H17N3O2S. The third-order valence-corrected chi connectivity index (χ3v) is 4.68. The van der Waals surface area contributed by atoms with Crippen molar-refractivity contribution < 1.29 is 8.42 Å². The van der Waals surface area contributed by atoms with Gasteiger partial charge in [-0.15, -0.1) is 0 Å². The number of benzene rings is 1. The molecule has 2 N–H and O–H groups in total. The van der Waals surface area contributed by atoms with Gasteiger partial charge in [-0.1, -0.05) is 6.07 Å². The van der Waals surface area contributed by atoms with Crippen molar-refractivity contribution in [1.82, 2.24) is 10.0 Å². The average Bonchev–Trinajstić information content (AvgIpc) is 2.92. The van der Waals surface area contributed by atoms with Gasteiger partial charge in [0, 0.05) is 12.6 Å². The van der Waals surface area contributed by atoms with E-state index in [1.54, 1.807) is 12.1 Å². The number of rotatable bonds is 5. The summed E-state index contributed by atoms with van der Waals surface area (Å²) in [6.07, 6.45) is 3.05. The Morgan fingerprint density at radius 2 is 2.32 bits per heavy atom. The molecule has 0 spiro atoms. The molecule has 1 aromatic rings. The largest absolute Gasteiger partial charge is 0.314 e. The van der Waals surface area contributed by atoms with E-state index in [0.717, 1.165) is 25.8 Å². The first-order valence-corrected chi connectivity index (χ1v) is 7.83. The molecule has 0 unspecified atom stereocenters. The summed E-state index contributed by atoms with van der Waals surface area (Å²) in [5.41, 5.74) is 0.348. The van der Waals surface area contributed by atoms with E-state index < -0.39 is 10.0 Å². The summed E-state index contributed by atoms with van der Waals surface area (Å²) in [6, 6.07) is 8.39. The minimum Gasteiger partial charge on any atom is -0.314 e. The van der Waals surface area contributed by atoms with Crippen LogP contribution >= 0.6 is 0 Å². The lowest BCUT2D eigenvalue weighted by atomic mass is 10.2. The van der Waals surface area contributed by atoms with Crippen molar-refractivity contribution in [3.8, 4) is 6.07 Å². The van der Waals surface area contributed by atoms with Crippen LogP contribution in [0.15, 0.2) is 29.2 Å². The van der Waals surface area contributed by atoms with E-state index >= 15 is 0 Å². The molecule has 1 fully saturated rings. The normalized spacial score (nSPS) is 19.2. The van der Waals surface area contributed by atoms with Crippen molar-refractivity contribution in [1.29, 1.82) is 5.26 Å². The second-order valence-electron chi connectivity index (χ2n) is 4.62. The first kappa shape index (κ1) is 14.0. The molecule has 0 radical (unpaired) electrons. The number of nitrogens with one attached hydrogen (secondary N) is 2. The number of nitriles is 1. The van der Waals surface area contributed by atoms with Crippen LogP contribution in [-0.4, -0.2) is 27.5 Å². The van der Waals surface area contributed by atoms with Gasteiger partial charge in [0.1, 0.15) is 0 Å². The van der Waals surface area contributed by atoms with Gasteiger partial charge in [0.25, 0.3) is 0 Å². The highest BCUT2D eigenvalue weighted by atomic mass is 32.2. The fourth-order valence-electron chi connectivity index (χ4n) is 2.19. The molecule has 2 rings (SSSR count). The molecule has 5 nitrogen and oxygen atoms in total. The third-order valence-electron chi connectivity index (χ3n) is 3.22. The lowest BCUT2D eigenvalue weighted by molar-refractivity contribution is 0.539. The van der Waals surface area contributed by atoms with Crippen molar-refractivity contribution >= 4 is 10.0 Å². The van der Waals surface area contributed by atoms with Gasteiger partial charge < -0.3 is 5.32 Å². The van der Waals surface area contributed by atoms with Gasteiger partial charge in [0.2, 0.25) is 10.0 Å². The number of hydrogen-bond donors (Lipinski definition) is 2. The second kappa shape index (κ2) is 6.15. The molecule has 1 atom stereocenters.